The molecule has 2 heterocycles. The number of nitrogens with zero attached hydrogens (tertiary/aromatic N) is 1. The molecule has 0 spiro atoms. The van der Waals surface area contributed by atoms with Crippen molar-refractivity contribution in [1.82, 2.24) is 10.2 Å². The zero-order chi connectivity index (χ0) is 14.2. The third-order valence-electron chi connectivity index (χ3n) is 3.76. The molecule has 0 aliphatic carbocycles. The molecule has 1 N–H and O–H groups in total. The monoisotopic (exact) mass is 280 g/mol. The van der Waals surface area contributed by atoms with Gasteiger partial charge >= 0.3 is 0 Å². The number of rotatable bonds is 9. The molecule has 1 fully saturated rings. The summed E-state index contributed by atoms with van der Waals surface area (Å²) in [4.78, 5) is 2.40. The molecular formula is C16H28N2O2. The summed E-state index contributed by atoms with van der Waals surface area (Å²) >= 11 is 0. The molecule has 1 aromatic heterocycles. The zero-order valence-corrected chi connectivity index (χ0v) is 12.9. The summed E-state index contributed by atoms with van der Waals surface area (Å²) in [5.41, 5.74) is 0. The molecule has 1 aromatic rings. The highest BCUT2D eigenvalue weighted by molar-refractivity contribution is 5.07. The van der Waals surface area contributed by atoms with Gasteiger partial charge in [0, 0.05) is 13.2 Å². The first-order chi connectivity index (χ1) is 9.81. The quantitative estimate of drug-likeness (QED) is 0.706. The maximum Gasteiger partial charge on any atom is 0.118 e. The highest BCUT2D eigenvalue weighted by atomic mass is 16.5. The van der Waals surface area contributed by atoms with Crippen molar-refractivity contribution in [2.24, 2.45) is 0 Å². The van der Waals surface area contributed by atoms with Gasteiger partial charge in [0.05, 0.1) is 19.2 Å². The van der Waals surface area contributed by atoms with Gasteiger partial charge in [-0.2, -0.15) is 0 Å². The average molecular weight is 280 g/mol. The van der Waals surface area contributed by atoms with Gasteiger partial charge in [-0.3, -0.25) is 4.90 Å². The lowest BCUT2D eigenvalue weighted by molar-refractivity contribution is 0.0701. The van der Waals surface area contributed by atoms with Crippen LogP contribution >= 0.6 is 0 Å². The highest BCUT2D eigenvalue weighted by Gasteiger charge is 2.19. The van der Waals surface area contributed by atoms with Crippen molar-refractivity contribution in [3.63, 3.8) is 0 Å². The molecule has 1 unspecified atom stereocenters. The molecule has 2 rings (SSSR count). The topological polar surface area (TPSA) is 37.6 Å². The predicted octanol–water partition coefficient (Wildman–Crippen LogP) is 2.78. The lowest BCUT2D eigenvalue weighted by Gasteiger charge is -2.22. The van der Waals surface area contributed by atoms with E-state index in [2.05, 4.69) is 36.2 Å². The third kappa shape index (κ3) is 4.93. The fourth-order valence-corrected chi connectivity index (χ4v) is 2.59. The molecular weight excluding hydrogens is 252 g/mol. The van der Waals surface area contributed by atoms with Gasteiger partial charge in [-0.25, -0.2) is 0 Å². The van der Waals surface area contributed by atoms with Crippen molar-refractivity contribution in [2.45, 2.75) is 52.3 Å². The van der Waals surface area contributed by atoms with Crippen molar-refractivity contribution in [3.05, 3.63) is 23.7 Å². The second-order valence-electron chi connectivity index (χ2n) is 5.51. The van der Waals surface area contributed by atoms with E-state index < -0.39 is 0 Å². The third-order valence-corrected chi connectivity index (χ3v) is 3.76. The van der Waals surface area contributed by atoms with E-state index in [0.29, 0.717) is 6.10 Å². The van der Waals surface area contributed by atoms with Crippen LogP contribution < -0.4 is 5.32 Å². The summed E-state index contributed by atoms with van der Waals surface area (Å²) in [6, 6.07) is 4.18. The van der Waals surface area contributed by atoms with E-state index in [1.165, 1.54) is 12.8 Å². The molecule has 4 nitrogen and oxygen atoms in total. The summed E-state index contributed by atoms with van der Waals surface area (Å²) in [6.07, 6.45) is 3.96. The van der Waals surface area contributed by atoms with Gasteiger partial charge in [0.2, 0.25) is 0 Å². The van der Waals surface area contributed by atoms with Crippen LogP contribution in [-0.4, -0.2) is 37.2 Å². The van der Waals surface area contributed by atoms with Gasteiger partial charge in [0.25, 0.3) is 0 Å². The molecule has 1 saturated heterocycles. The first-order valence-electron chi connectivity index (χ1n) is 7.94. The van der Waals surface area contributed by atoms with Crippen LogP contribution in [0.1, 0.15) is 44.6 Å². The smallest absolute Gasteiger partial charge is 0.118 e. The Kier molecular flexibility index (Phi) is 6.57. The molecule has 0 saturated carbocycles. The molecule has 0 aromatic carbocycles. The SMILES string of the molecule is CCCNCc1ccc(CN(CC)CC2CCCO2)o1. The van der Waals surface area contributed by atoms with E-state index >= 15 is 0 Å². The Hall–Kier alpha value is -0.840. The first kappa shape index (κ1) is 15.5. The summed E-state index contributed by atoms with van der Waals surface area (Å²) in [7, 11) is 0. The molecule has 0 radical (unpaired) electrons. The average Bonchev–Trinajstić information content (AvgIpc) is 3.10. The van der Waals surface area contributed by atoms with Crippen LogP contribution in [0.5, 0.6) is 0 Å². The molecule has 1 aliphatic heterocycles. The summed E-state index contributed by atoms with van der Waals surface area (Å²) in [5, 5.41) is 3.36. The highest BCUT2D eigenvalue weighted by Crippen LogP contribution is 2.16. The van der Waals surface area contributed by atoms with Crippen molar-refractivity contribution in [1.29, 1.82) is 0 Å². The molecule has 114 valence electrons. The lowest BCUT2D eigenvalue weighted by atomic mass is 10.2. The first-order valence-corrected chi connectivity index (χ1v) is 7.94. The number of nitrogens with one attached hydrogen (secondary N) is 1. The Morgan fingerprint density at radius 1 is 1.30 bits per heavy atom. The number of furan rings is 1. The Balaban J connectivity index is 1.77. The van der Waals surface area contributed by atoms with Crippen LogP contribution in [0, 0.1) is 0 Å². The summed E-state index contributed by atoms with van der Waals surface area (Å²) in [6.45, 7) is 10.1. The normalized spacial score (nSPS) is 19.1. The van der Waals surface area contributed by atoms with Crippen molar-refractivity contribution in [3.8, 4) is 0 Å². The Morgan fingerprint density at radius 2 is 2.15 bits per heavy atom. The van der Waals surface area contributed by atoms with Crippen LogP contribution in [-0.2, 0) is 17.8 Å². The largest absolute Gasteiger partial charge is 0.463 e. The Labute approximate surface area is 122 Å². The second-order valence-corrected chi connectivity index (χ2v) is 5.51. The van der Waals surface area contributed by atoms with E-state index in [4.69, 9.17) is 9.15 Å². The van der Waals surface area contributed by atoms with Crippen molar-refractivity contribution >= 4 is 0 Å². The van der Waals surface area contributed by atoms with Gasteiger partial charge in [-0.05, 0) is 44.5 Å². The van der Waals surface area contributed by atoms with Gasteiger partial charge in [-0.15, -0.1) is 0 Å². The second kappa shape index (κ2) is 8.45. The number of hydrogen-bond acceptors (Lipinski definition) is 4. The minimum Gasteiger partial charge on any atom is -0.463 e. The number of likely N-dealkylation sites (N-methyl/N-ethyl adjacent to an activating group) is 1. The molecule has 0 bridgehead atoms. The minimum atomic E-state index is 0.413. The standard InChI is InChI=1S/C16H28N2O2/c1-3-9-17-11-14-7-8-16(20-14)13-18(4-2)12-15-6-5-10-19-15/h7-8,15,17H,3-6,9-13H2,1-2H3. The summed E-state index contributed by atoms with van der Waals surface area (Å²) in [5.74, 6) is 2.08. The van der Waals surface area contributed by atoms with Gasteiger partial charge < -0.3 is 14.5 Å². The predicted molar refractivity (Wildman–Crippen MR) is 80.6 cm³/mol. The minimum absolute atomic E-state index is 0.413. The van der Waals surface area contributed by atoms with E-state index in [9.17, 15) is 0 Å². The fraction of sp³-hybridized carbons (Fsp3) is 0.750. The van der Waals surface area contributed by atoms with E-state index in [0.717, 1.165) is 57.3 Å². The Morgan fingerprint density at radius 3 is 2.85 bits per heavy atom. The number of hydrogen-bond donors (Lipinski definition) is 1. The molecule has 1 atom stereocenters. The van der Waals surface area contributed by atoms with E-state index in [-0.39, 0.29) is 0 Å². The van der Waals surface area contributed by atoms with E-state index in [1.54, 1.807) is 0 Å². The van der Waals surface area contributed by atoms with Crippen LogP contribution in [0.4, 0.5) is 0 Å². The van der Waals surface area contributed by atoms with Crippen LogP contribution in [0.25, 0.3) is 0 Å². The number of ether oxygens (including phenoxy) is 1. The Bertz CT molecular complexity index is 372. The van der Waals surface area contributed by atoms with Crippen molar-refractivity contribution in [2.75, 3.05) is 26.2 Å². The van der Waals surface area contributed by atoms with Gasteiger partial charge in [0.15, 0.2) is 0 Å². The molecule has 0 amide bonds. The molecule has 20 heavy (non-hydrogen) atoms. The van der Waals surface area contributed by atoms with E-state index in [1.807, 2.05) is 0 Å². The maximum atomic E-state index is 5.88. The zero-order valence-electron chi connectivity index (χ0n) is 12.9. The lowest BCUT2D eigenvalue weighted by Crippen LogP contribution is -2.31. The van der Waals surface area contributed by atoms with Crippen molar-refractivity contribution < 1.29 is 9.15 Å². The van der Waals surface area contributed by atoms with Crippen LogP contribution in [0.3, 0.4) is 0 Å². The fourth-order valence-electron chi connectivity index (χ4n) is 2.59. The van der Waals surface area contributed by atoms with Crippen LogP contribution in [0.2, 0.25) is 0 Å². The maximum absolute atomic E-state index is 5.88. The molecule has 1 aliphatic rings. The molecule has 4 heteroatoms. The summed E-state index contributed by atoms with van der Waals surface area (Å²) < 4.78 is 11.6. The van der Waals surface area contributed by atoms with Gasteiger partial charge in [-0.1, -0.05) is 13.8 Å². The van der Waals surface area contributed by atoms with Crippen LogP contribution in [0.15, 0.2) is 16.5 Å². The van der Waals surface area contributed by atoms with Gasteiger partial charge in [0.1, 0.15) is 11.5 Å².